The lowest BCUT2D eigenvalue weighted by molar-refractivity contribution is -0.165. The highest BCUT2D eigenvalue weighted by molar-refractivity contribution is 6.30. The van der Waals surface area contributed by atoms with Gasteiger partial charge in [0.2, 0.25) is 11.8 Å². The Balaban J connectivity index is 1.57. The lowest BCUT2D eigenvalue weighted by Crippen LogP contribution is -2.70. The average Bonchev–Trinajstić information content (AvgIpc) is 2.85. The largest absolute Gasteiger partial charge is 0.325 e. The molecule has 0 radical (unpaired) electrons. The summed E-state index contributed by atoms with van der Waals surface area (Å²) < 4.78 is 0. The minimum atomic E-state index is -0.482. The third kappa shape index (κ3) is 5.73. The molecule has 3 aliphatic rings. The van der Waals surface area contributed by atoms with Gasteiger partial charge in [-0.05, 0) is 47.8 Å². The van der Waals surface area contributed by atoms with E-state index in [2.05, 4.69) is 12.2 Å². The van der Waals surface area contributed by atoms with Crippen molar-refractivity contribution in [1.82, 2.24) is 15.1 Å². The standard InChI is InChI=1S/C29H43Cl2N3O2/c1-20(2)26-28(36)34(19-25(35)33(26)18-22-11-13-23(30)14-12-22)27-21(3)29(24(31)17-32-27)15-9-7-5-4-6-8-10-16-29/h11-14,20-21,24,26-27,32H,4-10,15-19H2,1-3H3/t21?,24?,26-,27?/m0/s1. The van der Waals surface area contributed by atoms with E-state index in [1.165, 1.54) is 44.9 Å². The molecule has 0 bridgehead atoms. The fraction of sp³-hybridized carbons (Fsp3) is 0.724. The van der Waals surface area contributed by atoms with Crippen molar-refractivity contribution in [3.05, 3.63) is 34.9 Å². The maximum absolute atomic E-state index is 14.0. The molecule has 7 heteroatoms. The van der Waals surface area contributed by atoms with E-state index in [1.807, 2.05) is 43.0 Å². The van der Waals surface area contributed by atoms with E-state index in [4.69, 9.17) is 23.2 Å². The molecule has 36 heavy (non-hydrogen) atoms. The highest BCUT2D eigenvalue weighted by Crippen LogP contribution is 2.49. The molecule has 2 saturated heterocycles. The van der Waals surface area contributed by atoms with Crippen molar-refractivity contribution < 1.29 is 9.59 Å². The molecule has 2 heterocycles. The summed E-state index contributed by atoms with van der Waals surface area (Å²) in [5.41, 5.74) is 0.973. The van der Waals surface area contributed by atoms with Crippen LogP contribution < -0.4 is 5.32 Å². The van der Waals surface area contributed by atoms with Gasteiger partial charge in [0.15, 0.2) is 0 Å². The number of benzene rings is 1. The predicted octanol–water partition coefficient (Wildman–Crippen LogP) is 6.22. The summed E-state index contributed by atoms with van der Waals surface area (Å²) in [6.45, 7) is 7.53. The third-order valence-electron chi connectivity index (χ3n) is 9.03. The van der Waals surface area contributed by atoms with Crippen molar-refractivity contribution in [2.45, 2.75) is 103 Å². The highest BCUT2D eigenvalue weighted by atomic mass is 35.5. The number of nitrogens with zero attached hydrogens (tertiary/aromatic N) is 2. The van der Waals surface area contributed by atoms with E-state index in [0.29, 0.717) is 18.1 Å². The minimum Gasteiger partial charge on any atom is -0.325 e. The second-order valence-corrected chi connectivity index (χ2v) is 12.6. The van der Waals surface area contributed by atoms with E-state index in [0.717, 1.165) is 18.4 Å². The van der Waals surface area contributed by atoms with Crippen LogP contribution in [-0.2, 0) is 16.1 Å². The highest BCUT2D eigenvalue weighted by Gasteiger charge is 2.53. The Morgan fingerprint density at radius 1 is 1.00 bits per heavy atom. The number of rotatable bonds is 4. The van der Waals surface area contributed by atoms with Crippen LogP contribution in [0.5, 0.6) is 0 Å². The lowest BCUT2D eigenvalue weighted by Gasteiger charge is -2.55. The Morgan fingerprint density at radius 2 is 1.58 bits per heavy atom. The number of hydrogen-bond acceptors (Lipinski definition) is 3. The van der Waals surface area contributed by atoms with Gasteiger partial charge >= 0.3 is 0 Å². The molecule has 0 aromatic heterocycles. The number of amides is 2. The van der Waals surface area contributed by atoms with Crippen molar-refractivity contribution in [3.63, 3.8) is 0 Å². The van der Waals surface area contributed by atoms with E-state index in [1.54, 1.807) is 4.90 Å². The van der Waals surface area contributed by atoms with Crippen molar-refractivity contribution in [3.8, 4) is 0 Å². The molecule has 1 N–H and O–H groups in total. The van der Waals surface area contributed by atoms with Crippen molar-refractivity contribution >= 4 is 35.0 Å². The zero-order valence-electron chi connectivity index (χ0n) is 22.1. The fourth-order valence-electron chi connectivity index (χ4n) is 6.90. The minimum absolute atomic E-state index is 0.00486. The SMILES string of the molecule is CC(C)[C@H]1C(=O)N(C2NCC(Cl)C3(CCCCCCCCC3)C2C)CC(=O)N1Cc1ccc(Cl)cc1. The smallest absolute Gasteiger partial charge is 0.247 e. The summed E-state index contributed by atoms with van der Waals surface area (Å²) in [6, 6.07) is 7.04. The molecule has 1 aromatic carbocycles. The number of carbonyl (C=O) groups excluding carboxylic acids is 2. The molecule has 4 atom stereocenters. The zero-order chi connectivity index (χ0) is 25.9. The summed E-state index contributed by atoms with van der Waals surface area (Å²) >= 11 is 13.1. The summed E-state index contributed by atoms with van der Waals surface area (Å²) in [5.74, 6) is 0.246. The van der Waals surface area contributed by atoms with Gasteiger partial charge in [-0.15, -0.1) is 11.6 Å². The number of piperazine rings is 1. The Bertz CT molecular complexity index is 896. The van der Waals surface area contributed by atoms with Gasteiger partial charge in [-0.25, -0.2) is 0 Å². The zero-order valence-corrected chi connectivity index (χ0v) is 23.7. The molecule has 200 valence electrons. The second kappa shape index (κ2) is 12.0. The Hall–Kier alpha value is -1.30. The number of nitrogens with one attached hydrogen (secondary N) is 1. The summed E-state index contributed by atoms with van der Waals surface area (Å²) in [7, 11) is 0. The summed E-state index contributed by atoms with van der Waals surface area (Å²) in [4.78, 5) is 31.2. The van der Waals surface area contributed by atoms with Crippen LogP contribution in [0.4, 0.5) is 0 Å². The Labute approximate surface area is 227 Å². The predicted molar refractivity (Wildman–Crippen MR) is 147 cm³/mol. The molecule has 4 rings (SSSR count). The van der Waals surface area contributed by atoms with E-state index in [-0.39, 0.29) is 47.2 Å². The van der Waals surface area contributed by atoms with Gasteiger partial charge in [-0.3, -0.25) is 14.9 Å². The first-order valence-electron chi connectivity index (χ1n) is 14.0. The number of hydrogen-bond donors (Lipinski definition) is 1. The number of piperidine rings is 1. The van der Waals surface area contributed by atoms with Crippen LogP contribution in [0.25, 0.3) is 0 Å². The monoisotopic (exact) mass is 535 g/mol. The third-order valence-corrected chi connectivity index (χ3v) is 9.87. The molecule has 1 spiro atoms. The maximum atomic E-state index is 14.0. The Kier molecular flexibility index (Phi) is 9.28. The fourth-order valence-corrected chi connectivity index (χ4v) is 7.53. The van der Waals surface area contributed by atoms with Crippen molar-refractivity contribution in [2.24, 2.45) is 17.3 Å². The van der Waals surface area contributed by atoms with Crippen LogP contribution in [0.3, 0.4) is 0 Å². The summed E-state index contributed by atoms with van der Waals surface area (Å²) in [6.07, 6.45) is 10.9. The first-order chi connectivity index (χ1) is 17.2. The molecule has 5 nitrogen and oxygen atoms in total. The lowest BCUT2D eigenvalue weighted by atomic mass is 9.63. The quantitative estimate of drug-likeness (QED) is 0.465. The summed E-state index contributed by atoms with van der Waals surface area (Å²) in [5, 5.41) is 4.30. The molecule has 1 aromatic rings. The van der Waals surface area contributed by atoms with Crippen LogP contribution in [0, 0.1) is 17.3 Å². The van der Waals surface area contributed by atoms with Crippen LogP contribution in [-0.4, -0.2) is 52.3 Å². The van der Waals surface area contributed by atoms with E-state index >= 15 is 0 Å². The van der Waals surface area contributed by atoms with Crippen molar-refractivity contribution in [1.29, 1.82) is 0 Å². The molecule has 1 saturated carbocycles. The second-order valence-electron chi connectivity index (χ2n) is 11.6. The van der Waals surface area contributed by atoms with Crippen LogP contribution >= 0.6 is 23.2 Å². The normalized spacial score (nSPS) is 30.2. The molecule has 1 aliphatic carbocycles. The first-order valence-corrected chi connectivity index (χ1v) is 14.8. The maximum Gasteiger partial charge on any atom is 0.247 e. The number of carbonyl (C=O) groups is 2. The van der Waals surface area contributed by atoms with Gasteiger partial charge in [0.1, 0.15) is 12.6 Å². The van der Waals surface area contributed by atoms with Gasteiger partial charge in [-0.2, -0.15) is 0 Å². The molecule has 2 aliphatic heterocycles. The van der Waals surface area contributed by atoms with Crippen LogP contribution in [0.1, 0.15) is 84.1 Å². The van der Waals surface area contributed by atoms with Crippen LogP contribution in [0.2, 0.25) is 5.02 Å². The van der Waals surface area contributed by atoms with Gasteiger partial charge in [0.05, 0.1) is 11.5 Å². The van der Waals surface area contributed by atoms with Gasteiger partial charge in [0.25, 0.3) is 0 Å². The van der Waals surface area contributed by atoms with E-state index < -0.39 is 6.04 Å². The molecular formula is C29H43Cl2N3O2. The van der Waals surface area contributed by atoms with Gasteiger partial charge in [-0.1, -0.05) is 89.5 Å². The molecular weight excluding hydrogens is 493 g/mol. The molecule has 2 amide bonds. The number of halogens is 2. The Morgan fingerprint density at radius 3 is 2.17 bits per heavy atom. The van der Waals surface area contributed by atoms with Crippen molar-refractivity contribution in [2.75, 3.05) is 13.1 Å². The molecule has 3 unspecified atom stereocenters. The van der Waals surface area contributed by atoms with Gasteiger partial charge < -0.3 is 9.80 Å². The topological polar surface area (TPSA) is 52.7 Å². The van der Waals surface area contributed by atoms with E-state index in [9.17, 15) is 9.59 Å². The average molecular weight is 537 g/mol. The van der Waals surface area contributed by atoms with Crippen LogP contribution in [0.15, 0.2) is 24.3 Å². The molecule has 3 fully saturated rings. The number of alkyl halides is 1. The van der Waals surface area contributed by atoms with Gasteiger partial charge in [0, 0.05) is 18.1 Å². The first kappa shape index (κ1) is 27.7.